The minimum absolute atomic E-state index is 0. The Balaban J connectivity index is 0. The summed E-state index contributed by atoms with van der Waals surface area (Å²) in [4.78, 5) is 0. The van der Waals surface area contributed by atoms with Crippen molar-refractivity contribution in [2.75, 3.05) is 0 Å². The Labute approximate surface area is 48.1 Å². The minimum atomic E-state index is -2.39. The first-order chi connectivity index (χ1) is 1.73. The molecule has 0 bridgehead atoms. The molecule has 0 radical (unpaired) electrons. The van der Waals surface area contributed by atoms with Gasteiger partial charge in [-0.2, -0.15) is 10.7 Å². The molecule has 0 aliphatic rings. The van der Waals surface area contributed by atoms with Crippen LogP contribution in [0.25, 0.3) is 0 Å². The quantitative estimate of drug-likeness (QED) is 0.194. The fraction of sp³-hybridized carbons (Fsp3) is 0. The van der Waals surface area contributed by atoms with Crippen LogP contribution in [0.15, 0.2) is 0 Å². The second kappa shape index (κ2) is 4.84. The molecule has 0 saturated heterocycles. The van der Waals surface area contributed by atoms with E-state index in [1.54, 1.807) is 0 Å². The van der Waals surface area contributed by atoms with Crippen LogP contribution < -0.4 is 18.9 Å². The molecule has 0 aliphatic heterocycles. The molecular formula is ClLiO2S. The Hall–Kier alpha value is 0.837. The van der Waals surface area contributed by atoms with Gasteiger partial charge in [0, 0.05) is 9.92 Å². The predicted molar refractivity (Wildman–Crippen MR) is 14.6 cm³/mol. The average molecular weight is 106 g/mol. The molecule has 0 aromatic carbocycles. The Morgan fingerprint density at radius 3 is 1.40 bits per heavy atom. The van der Waals surface area contributed by atoms with Gasteiger partial charge in [-0.3, -0.25) is 0 Å². The van der Waals surface area contributed by atoms with Crippen LogP contribution in [-0.4, -0.2) is 0 Å². The van der Waals surface area contributed by atoms with Crippen LogP contribution in [0.2, 0.25) is 0 Å². The number of rotatable bonds is 0. The third-order valence-corrected chi connectivity index (χ3v) is 0. The monoisotopic (exact) mass is 106 g/mol. The zero-order chi connectivity index (χ0) is 3.58. The normalized spacial score (nSPS) is 6.80. The van der Waals surface area contributed by atoms with E-state index in [0.29, 0.717) is 0 Å². The second-order valence-electron chi connectivity index (χ2n) is 0.194. The minimum Gasteiger partial charge on any atom is -0.409 e. The molecular weight excluding hydrogens is 106 g/mol. The number of halogens is 1. The fourth-order valence-corrected chi connectivity index (χ4v) is 0. The zero-order valence-corrected chi connectivity index (χ0v) is 4.18. The van der Waals surface area contributed by atoms with E-state index in [1.165, 1.54) is 0 Å². The summed E-state index contributed by atoms with van der Waals surface area (Å²) in [5.41, 5.74) is 0. The van der Waals surface area contributed by atoms with Gasteiger partial charge in [-0.05, 0) is 0 Å². The maximum atomic E-state index is 8.77. The van der Waals surface area contributed by atoms with Gasteiger partial charge in [-0.15, -0.1) is 0 Å². The molecule has 0 fully saturated rings. The zero-order valence-electron chi connectivity index (χ0n) is 2.60. The Morgan fingerprint density at radius 2 is 1.40 bits per heavy atom. The first kappa shape index (κ1) is 9.28. The van der Waals surface area contributed by atoms with Crippen LogP contribution in [0.4, 0.5) is 0 Å². The summed E-state index contributed by atoms with van der Waals surface area (Å²) in [6.07, 6.45) is 0. The smallest absolute Gasteiger partial charge is 0.409 e. The molecule has 0 N–H and O–H groups in total. The summed E-state index contributed by atoms with van der Waals surface area (Å²) in [5.74, 6) is 0. The fourth-order valence-electron chi connectivity index (χ4n) is 0. The maximum Gasteiger partial charge on any atom is 1.00 e. The van der Waals surface area contributed by atoms with Crippen molar-refractivity contribution in [3.05, 3.63) is 0 Å². The van der Waals surface area contributed by atoms with Crippen LogP contribution in [0.1, 0.15) is 0 Å². The first-order valence-corrected chi connectivity index (χ1v) is 2.39. The van der Waals surface area contributed by atoms with E-state index < -0.39 is 9.92 Å². The molecule has 0 heterocycles. The number of hydrogen-bond donors (Lipinski definition) is 0. The molecule has 26 valence electrons. The van der Waals surface area contributed by atoms with Gasteiger partial charge < -0.3 is 8.42 Å². The molecule has 0 amide bonds. The van der Waals surface area contributed by atoms with Crippen molar-refractivity contribution < 1.29 is 27.3 Å². The maximum absolute atomic E-state index is 8.77. The average Bonchev–Trinajstić information content (AvgIpc) is 0.811. The molecule has 0 aliphatic carbocycles. The van der Waals surface area contributed by atoms with Gasteiger partial charge >= 0.3 is 18.9 Å². The van der Waals surface area contributed by atoms with Crippen LogP contribution >= 0.6 is 10.7 Å². The van der Waals surface area contributed by atoms with Crippen molar-refractivity contribution in [3.8, 4) is 0 Å². The van der Waals surface area contributed by atoms with Crippen molar-refractivity contribution in [1.82, 2.24) is 0 Å². The molecule has 0 aromatic heterocycles. The Bertz CT molecular complexity index is 58.0. The van der Waals surface area contributed by atoms with E-state index in [-0.39, 0.29) is 18.9 Å². The van der Waals surface area contributed by atoms with Crippen LogP contribution in [0, 0.1) is 0 Å². The molecule has 0 atom stereocenters. The molecule has 0 unspecified atom stereocenters. The summed E-state index contributed by atoms with van der Waals surface area (Å²) >= 11 is 0. The van der Waals surface area contributed by atoms with Crippen molar-refractivity contribution in [1.29, 1.82) is 0 Å². The van der Waals surface area contributed by atoms with E-state index in [0.717, 1.165) is 0 Å². The predicted octanol–water partition coefficient (Wildman–Crippen LogP) is -2.55. The van der Waals surface area contributed by atoms with Gasteiger partial charge in [0.05, 0.1) is 0 Å². The van der Waals surface area contributed by atoms with E-state index in [1.807, 2.05) is 0 Å². The molecule has 5 heavy (non-hydrogen) atoms. The van der Waals surface area contributed by atoms with Gasteiger partial charge in [0.25, 0.3) is 0 Å². The van der Waals surface area contributed by atoms with Crippen LogP contribution in [0.3, 0.4) is 0 Å². The Kier molecular flexibility index (Phi) is 8.97. The molecule has 0 saturated carbocycles. The Morgan fingerprint density at radius 1 is 1.40 bits per heavy atom. The van der Waals surface area contributed by atoms with Crippen molar-refractivity contribution in [3.63, 3.8) is 0 Å². The standard InChI is InChI=1S/ClO2S.Li/c1-4(2)3;/q-1;+1. The third kappa shape index (κ3) is 55.5. The number of hydrogen-bond acceptors (Lipinski definition) is 3. The van der Waals surface area contributed by atoms with Crippen molar-refractivity contribution in [2.24, 2.45) is 0 Å². The molecule has 5 heteroatoms. The van der Waals surface area contributed by atoms with E-state index in [4.69, 9.17) is 8.42 Å². The van der Waals surface area contributed by atoms with Gasteiger partial charge in [-0.1, -0.05) is 0 Å². The van der Waals surface area contributed by atoms with E-state index >= 15 is 0 Å². The van der Waals surface area contributed by atoms with Crippen molar-refractivity contribution in [2.45, 2.75) is 0 Å². The van der Waals surface area contributed by atoms with Gasteiger partial charge in [0.1, 0.15) is 0 Å². The van der Waals surface area contributed by atoms with E-state index in [9.17, 15) is 0 Å². The third-order valence-electron chi connectivity index (χ3n) is 0. The SMILES string of the molecule is O=[S-](=O)Cl.[Li+]. The van der Waals surface area contributed by atoms with Gasteiger partial charge in [0.15, 0.2) is 0 Å². The van der Waals surface area contributed by atoms with Gasteiger partial charge in [0.2, 0.25) is 0 Å². The van der Waals surface area contributed by atoms with Gasteiger partial charge in [-0.25, -0.2) is 0 Å². The molecule has 2 nitrogen and oxygen atoms in total. The van der Waals surface area contributed by atoms with Crippen LogP contribution in [-0.2, 0) is 18.3 Å². The van der Waals surface area contributed by atoms with Crippen molar-refractivity contribution >= 4 is 20.6 Å². The molecule has 0 aromatic rings. The topological polar surface area (TPSA) is 34.1 Å². The summed E-state index contributed by atoms with van der Waals surface area (Å²) in [6, 6.07) is 0. The molecule has 0 rings (SSSR count). The molecule has 0 spiro atoms. The van der Waals surface area contributed by atoms with Crippen LogP contribution in [0.5, 0.6) is 0 Å². The first-order valence-electron chi connectivity index (χ1n) is 0.488. The van der Waals surface area contributed by atoms with E-state index in [2.05, 4.69) is 10.7 Å². The summed E-state index contributed by atoms with van der Waals surface area (Å²) in [7, 11) is 1.80. The largest absolute Gasteiger partial charge is 1.00 e. The summed E-state index contributed by atoms with van der Waals surface area (Å²) < 4.78 is 17.5. The summed E-state index contributed by atoms with van der Waals surface area (Å²) in [6.45, 7) is 0. The summed E-state index contributed by atoms with van der Waals surface area (Å²) in [5, 5.41) is 0. The second-order valence-corrected chi connectivity index (χ2v) is 1.34.